The number of nitrogens with zero attached hydrogens (tertiary/aromatic N) is 3. The first-order valence-corrected chi connectivity index (χ1v) is 10.7. The van der Waals surface area contributed by atoms with Crippen molar-refractivity contribution >= 4 is 32.6 Å². The van der Waals surface area contributed by atoms with E-state index >= 15 is 0 Å². The number of halogens is 1. The lowest BCUT2D eigenvalue weighted by Gasteiger charge is -2.10. The van der Waals surface area contributed by atoms with Crippen LogP contribution in [0.3, 0.4) is 0 Å². The Bertz CT molecular complexity index is 1170. The molecule has 0 saturated heterocycles. The molecule has 1 atom stereocenters. The van der Waals surface area contributed by atoms with Gasteiger partial charge in [-0.3, -0.25) is 4.52 Å². The van der Waals surface area contributed by atoms with Crippen LogP contribution < -0.4 is 10.5 Å². The smallest absolute Gasteiger partial charge is 0.422 e. The minimum absolute atomic E-state index is 0.00329. The number of alkyl halides is 1. The molecule has 0 saturated carbocycles. The highest BCUT2D eigenvalue weighted by atomic mass is 127. The first-order valence-electron chi connectivity index (χ1n) is 7.69. The van der Waals surface area contributed by atoms with Crippen LogP contribution in [0.1, 0.15) is 25.3 Å². The molecule has 0 spiro atoms. The SMILES string of the molecule is CC1=CC(C)C#CC=C1Oc1noc(=O)n1S(=O)(=O)c1c(CI)noc1C. The van der Waals surface area contributed by atoms with Gasteiger partial charge < -0.3 is 9.26 Å². The van der Waals surface area contributed by atoms with Gasteiger partial charge in [-0.1, -0.05) is 45.7 Å². The quantitative estimate of drug-likeness (QED) is 0.346. The van der Waals surface area contributed by atoms with Crippen LogP contribution >= 0.6 is 22.6 Å². The molecule has 2 aromatic heterocycles. The van der Waals surface area contributed by atoms with E-state index in [4.69, 9.17) is 9.26 Å². The lowest BCUT2D eigenvalue weighted by atomic mass is 10.1. The number of hydrogen-bond donors (Lipinski definition) is 0. The van der Waals surface area contributed by atoms with Gasteiger partial charge in [0.2, 0.25) is 0 Å². The van der Waals surface area contributed by atoms with Gasteiger partial charge in [0.15, 0.2) is 10.7 Å². The van der Waals surface area contributed by atoms with Crippen molar-refractivity contribution in [3.63, 3.8) is 0 Å². The molecule has 1 aliphatic rings. The van der Waals surface area contributed by atoms with Crippen LogP contribution in [0.4, 0.5) is 0 Å². The van der Waals surface area contributed by atoms with Crippen molar-refractivity contribution in [1.29, 1.82) is 0 Å². The zero-order valence-electron chi connectivity index (χ0n) is 14.5. The Morgan fingerprint density at radius 3 is 2.78 bits per heavy atom. The van der Waals surface area contributed by atoms with E-state index in [0.717, 1.165) is 0 Å². The lowest BCUT2D eigenvalue weighted by molar-refractivity contribution is 0.337. The summed E-state index contributed by atoms with van der Waals surface area (Å²) in [7, 11) is -4.40. The highest BCUT2D eigenvalue weighted by molar-refractivity contribution is 14.1. The summed E-state index contributed by atoms with van der Waals surface area (Å²) in [6.45, 7) is 5.11. The maximum atomic E-state index is 13.1. The average molecular weight is 503 g/mol. The third kappa shape index (κ3) is 3.59. The van der Waals surface area contributed by atoms with Gasteiger partial charge in [0, 0.05) is 16.4 Å². The molecule has 1 aliphatic carbocycles. The van der Waals surface area contributed by atoms with E-state index < -0.39 is 21.8 Å². The molecule has 11 heteroatoms. The van der Waals surface area contributed by atoms with Crippen LogP contribution in [0, 0.1) is 24.7 Å². The van der Waals surface area contributed by atoms with Gasteiger partial charge in [0.05, 0.1) is 0 Å². The second-order valence-electron chi connectivity index (χ2n) is 5.69. The fourth-order valence-corrected chi connectivity index (χ4v) is 4.74. The molecule has 0 radical (unpaired) electrons. The Hall–Kier alpha value is -2.33. The van der Waals surface area contributed by atoms with Gasteiger partial charge in [-0.15, -0.1) is 3.97 Å². The van der Waals surface area contributed by atoms with Crippen LogP contribution in [0.2, 0.25) is 0 Å². The molecule has 3 rings (SSSR count). The first-order chi connectivity index (χ1) is 12.8. The van der Waals surface area contributed by atoms with Gasteiger partial charge in [-0.05, 0) is 31.5 Å². The number of hydrogen-bond acceptors (Lipinski definition) is 8. The Labute approximate surface area is 168 Å². The van der Waals surface area contributed by atoms with Crippen molar-refractivity contribution in [2.24, 2.45) is 5.92 Å². The van der Waals surface area contributed by atoms with Gasteiger partial charge in [0.25, 0.3) is 10.0 Å². The Kier molecular flexibility index (Phi) is 5.29. The zero-order chi connectivity index (χ0) is 19.8. The predicted octanol–water partition coefficient (Wildman–Crippen LogP) is 2.17. The number of ether oxygens (including phenoxy) is 1. The van der Waals surface area contributed by atoms with E-state index in [9.17, 15) is 13.2 Å². The number of aromatic nitrogens is 3. The van der Waals surface area contributed by atoms with Crippen molar-refractivity contribution in [2.75, 3.05) is 0 Å². The molecule has 0 bridgehead atoms. The van der Waals surface area contributed by atoms with Crippen LogP contribution in [-0.2, 0) is 14.5 Å². The van der Waals surface area contributed by atoms with Gasteiger partial charge in [-0.2, -0.15) is 0 Å². The van der Waals surface area contributed by atoms with Crippen molar-refractivity contribution < 1.29 is 22.2 Å². The number of rotatable bonds is 5. The minimum Gasteiger partial charge on any atom is -0.422 e. The van der Waals surface area contributed by atoms with Crippen molar-refractivity contribution in [1.82, 2.24) is 14.3 Å². The highest BCUT2D eigenvalue weighted by Gasteiger charge is 2.34. The maximum absolute atomic E-state index is 13.1. The molecule has 2 aromatic rings. The molecule has 2 heterocycles. The average Bonchev–Trinajstić information content (AvgIpc) is 3.12. The molecule has 1 unspecified atom stereocenters. The third-order valence-electron chi connectivity index (χ3n) is 3.65. The molecule has 0 amide bonds. The van der Waals surface area contributed by atoms with E-state index in [1.54, 1.807) is 6.92 Å². The fraction of sp³-hybridized carbons (Fsp3) is 0.312. The van der Waals surface area contributed by atoms with E-state index in [1.807, 2.05) is 35.6 Å². The summed E-state index contributed by atoms with van der Waals surface area (Å²) in [6, 6.07) is -0.532. The monoisotopic (exact) mass is 503 g/mol. The van der Waals surface area contributed by atoms with Crippen LogP contribution in [0.15, 0.2) is 42.2 Å². The summed E-state index contributed by atoms with van der Waals surface area (Å²) in [5.41, 5.74) is 0.880. The predicted molar refractivity (Wildman–Crippen MR) is 102 cm³/mol. The summed E-state index contributed by atoms with van der Waals surface area (Å²) in [5.74, 6) is 4.86. The second-order valence-corrected chi connectivity index (χ2v) is 8.17. The summed E-state index contributed by atoms with van der Waals surface area (Å²) in [4.78, 5) is 11.9. The van der Waals surface area contributed by atoms with Crippen molar-refractivity contribution in [3.8, 4) is 17.9 Å². The van der Waals surface area contributed by atoms with Gasteiger partial charge >= 0.3 is 11.8 Å². The Morgan fingerprint density at radius 2 is 2.07 bits per heavy atom. The molecule has 0 aromatic carbocycles. The number of aryl methyl sites for hydroxylation is 1. The highest BCUT2D eigenvalue weighted by Crippen LogP contribution is 2.27. The topological polar surface area (TPSA) is 117 Å². The Morgan fingerprint density at radius 1 is 1.33 bits per heavy atom. The molecule has 27 heavy (non-hydrogen) atoms. The molecule has 9 nitrogen and oxygen atoms in total. The standard InChI is InChI=1S/C16H14IN3O6S/c1-9-5-4-6-13(10(2)7-9)24-15-19-26-16(21)20(15)27(22,23)14-11(3)25-18-12(14)8-17/h6-7,9H,8H2,1-3H3. The molecule has 0 aliphatic heterocycles. The van der Waals surface area contributed by atoms with E-state index in [0.29, 0.717) is 9.55 Å². The van der Waals surface area contributed by atoms with E-state index in [2.05, 4.69) is 26.7 Å². The van der Waals surface area contributed by atoms with E-state index in [1.165, 1.54) is 13.0 Å². The lowest BCUT2D eigenvalue weighted by Crippen LogP contribution is -2.25. The second kappa shape index (κ2) is 7.35. The zero-order valence-corrected chi connectivity index (χ0v) is 17.5. The first kappa shape index (κ1) is 19.4. The largest absolute Gasteiger partial charge is 0.458 e. The van der Waals surface area contributed by atoms with Gasteiger partial charge in [0.1, 0.15) is 11.5 Å². The summed E-state index contributed by atoms with van der Waals surface area (Å²) < 4.78 is 41.8. The summed E-state index contributed by atoms with van der Waals surface area (Å²) >= 11 is 1.94. The third-order valence-corrected chi connectivity index (χ3v) is 6.19. The van der Waals surface area contributed by atoms with Crippen molar-refractivity contribution in [2.45, 2.75) is 30.1 Å². The fourth-order valence-electron chi connectivity index (χ4n) is 2.47. The van der Waals surface area contributed by atoms with Crippen LogP contribution in [-0.4, -0.2) is 22.7 Å². The molecular weight excluding hydrogens is 489 g/mol. The maximum Gasteiger partial charge on any atom is 0.458 e. The number of allylic oxidation sites excluding steroid dienone is 3. The minimum atomic E-state index is -4.40. The molecule has 0 fully saturated rings. The molecule has 142 valence electrons. The molecule has 0 N–H and O–H groups in total. The normalized spacial score (nSPS) is 16.8. The summed E-state index contributed by atoms with van der Waals surface area (Å²) in [6.07, 6.45) is 3.33. The summed E-state index contributed by atoms with van der Waals surface area (Å²) in [5, 5.41) is 7.17. The van der Waals surface area contributed by atoms with Gasteiger partial charge in [-0.25, -0.2) is 13.2 Å². The molecular formula is C16H14IN3O6S. The Balaban J connectivity index is 2.10. The van der Waals surface area contributed by atoms with Crippen molar-refractivity contribution in [3.05, 3.63) is 45.5 Å². The van der Waals surface area contributed by atoms with E-state index in [-0.39, 0.29) is 32.5 Å². The van der Waals surface area contributed by atoms with Crippen LogP contribution in [0.25, 0.3) is 0 Å². The van der Waals surface area contributed by atoms with Crippen LogP contribution in [0.5, 0.6) is 6.01 Å².